The van der Waals surface area contributed by atoms with Crippen molar-refractivity contribution in [2.45, 2.75) is 6.18 Å². The lowest BCUT2D eigenvalue weighted by Crippen LogP contribution is -2.07. The summed E-state index contributed by atoms with van der Waals surface area (Å²) in [7, 11) is 0. The number of nitrogen functional groups attached to an aromatic ring is 1. The normalized spacial score (nSPS) is 11.7. The summed E-state index contributed by atoms with van der Waals surface area (Å²) in [4.78, 5) is 0. The molecule has 17 heavy (non-hydrogen) atoms. The number of rotatable bonds is 1. The molecule has 4 N–H and O–H groups in total. The minimum absolute atomic E-state index is 0.0428. The molecule has 0 spiro atoms. The number of aromatic amines is 1. The fourth-order valence-corrected chi connectivity index (χ4v) is 1.51. The second-order valence-corrected chi connectivity index (χ2v) is 3.42. The summed E-state index contributed by atoms with van der Waals surface area (Å²) < 4.78 is 38.3. The van der Waals surface area contributed by atoms with Crippen LogP contribution in [-0.4, -0.2) is 15.3 Å². The van der Waals surface area contributed by atoms with Crippen LogP contribution in [0.4, 0.5) is 19.0 Å². The Morgan fingerprint density at radius 3 is 2.47 bits per heavy atom. The van der Waals surface area contributed by atoms with E-state index in [9.17, 15) is 13.2 Å². The topological polar surface area (TPSA) is 74.9 Å². The first-order valence-electron chi connectivity index (χ1n) is 4.59. The maximum Gasteiger partial charge on any atom is 0.417 e. The fraction of sp³-hybridized carbons (Fsp3) is 0.100. The second kappa shape index (κ2) is 3.69. The number of benzene rings is 1. The van der Waals surface area contributed by atoms with Gasteiger partial charge in [0, 0.05) is 5.56 Å². The molecule has 0 amide bonds. The number of H-pyrrole nitrogens is 1. The molecule has 0 bridgehead atoms. The van der Waals surface area contributed by atoms with Crippen molar-refractivity contribution >= 4 is 5.82 Å². The Labute approximate surface area is 93.9 Å². The average Bonchev–Trinajstić information content (AvgIpc) is 2.63. The summed E-state index contributed by atoms with van der Waals surface area (Å²) in [6, 6.07) is 2.97. The Morgan fingerprint density at radius 2 is 1.94 bits per heavy atom. The van der Waals surface area contributed by atoms with Crippen LogP contribution in [0.15, 0.2) is 24.4 Å². The van der Waals surface area contributed by atoms with Crippen molar-refractivity contribution in [2.75, 3.05) is 5.73 Å². The lowest BCUT2D eigenvalue weighted by molar-refractivity contribution is -0.137. The van der Waals surface area contributed by atoms with Gasteiger partial charge in [-0.05, 0) is 23.8 Å². The Morgan fingerprint density at radius 1 is 1.24 bits per heavy atom. The predicted molar refractivity (Wildman–Crippen MR) is 55.1 cm³/mol. The van der Waals surface area contributed by atoms with Gasteiger partial charge in [0.05, 0.1) is 11.8 Å². The molecule has 4 nitrogen and oxygen atoms in total. The van der Waals surface area contributed by atoms with E-state index >= 15 is 0 Å². The maximum absolute atomic E-state index is 12.8. The van der Waals surface area contributed by atoms with E-state index < -0.39 is 17.5 Å². The highest BCUT2D eigenvalue weighted by Crippen LogP contribution is 2.39. The monoisotopic (exact) mass is 243 g/mol. The summed E-state index contributed by atoms with van der Waals surface area (Å²) in [5, 5.41) is 15.0. The molecule has 2 aromatic rings. The highest BCUT2D eigenvalue weighted by Gasteiger charge is 2.34. The fourth-order valence-electron chi connectivity index (χ4n) is 1.51. The Hall–Kier alpha value is -2.18. The molecule has 0 atom stereocenters. The molecule has 0 aliphatic carbocycles. The summed E-state index contributed by atoms with van der Waals surface area (Å²) in [5.74, 6) is -0.413. The van der Waals surface area contributed by atoms with Crippen molar-refractivity contribution in [3.63, 3.8) is 0 Å². The molecule has 90 valence electrons. The zero-order valence-electron chi connectivity index (χ0n) is 8.42. The number of nitrogens with two attached hydrogens (primary N) is 1. The minimum atomic E-state index is -4.57. The number of nitrogens with zero attached hydrogens (tertiary/aromatic N) is 1. The van der Waals surface area contributed by atoms with E-state index in [0.29, 0.717) is 6.07 Å². The smallest absolute Gasteiger partial charge is 0.417 e. The summed E-state index contributed by atoms with van der Waals surface area (Å²) in [5.41, 5.74) is 4.55. The van der Waals surface area contributed by atoms with Crippen LogP contribution in [0.25, 0.3) is 11.1 Å². The second-order valence-electron chi connectivity index (χ2n) is 3.42. The Balaban J connectivity index is 2.67. The molecule has 0 aliphatic heterocycles. The third-order valence-electron chi connectivity index (χ3n) is 2.27. The van der Waals surface area contributed by atoms with Gasteiger partial charge >= 0.3 is 6.18 Å². The van der Waals surface area contributed by atoms with Gasteiger partial charge in [-0.15, -0.1) is 0 Å². The zero-order chi connectivity index (χ0) is 12.6. The number of nitrogens with one attached hydrogen (secondary N) is 1. The molecule has 1 heterocycles. The van der Waals surface area contributed by atoms with Crippen LogP contribution < -0.4 is 5.73 Å². The first-order chi connectivity index (χ1) is 7.89. The molecular formula is C10H8F3N3O. The predicted octanol–water partition coefficient (Wildman–Crippen LogP) is 2.38. The zero-order valence-corrected chi connectivity index (χ0v) is 8.42. The van der Waals surface area contributed by atoms with Crippen LogP contribution in [0.5, 0.6) is 5.75 Å². The van der Waals surface area contributed by atoms with Crippen LogP contribution in [0.3, 0.4) is 0 Å². The van der Waals surface area contributed by atoms with Gasteiger partial charge in [0.2, 0.25) is 0 Å². The third kappa shape index (κ3) is 2.03. The quantitative estimate of drug-likeness (QED) is 0.719. The molecule has 0 saturated carbocycles. The van der Waals surface area contributed by atoms with Crippen LogP contribution in [-0.2, 0) is 6.18 Å². The van der Waals surface area contributed by atoms with Gasteiger partial charge < -0.3 is 10.8 Å². The molecule has 0 aliphatic rings. The number of aromatic hydroxyl groups is 1. The minimum Gasteiger partial charge on any atom is -0.508 e. The molecule has 0 saturated heterocycles. The van der Waals surface area contributed by atoms with Crippen molar-refractivity contribution in [1.29, 1.82) is 0 Å². The molecule has 0 radical (unpaired) electrons. The Kier molecular flexibility index (Phi) is 2.45. The van der Waals surface area contributed by atoms with E-state index in [-0.39, 0.29) is 16.9 Å². The maximum atomic E-state index is 12.8. The van der Waals surface area contributed by atoms with Crippen molar-refractivity contribution < 1.29 is 18.3 Å². The molecule has 0 fully saturated rings. The van der Waals surface area contributed by atoms with Gasteiger partial charge in [-0.1, -0.05) is 0 Å². The lowest BCUT2D eigenvalue weighted by atomic mass is 10.0. The first-order valence-corrected chi connectivity index (χ1v) is 4.59. The average molecular weight is 243 g/mol. The van der Waals surface area contributed by atoms with E-state index in [2.05, 4.69) is 10.2 Å². The van der Waals surface area contributed by atoms with Gasteiger partial charge in [0.15, 0.2) is 0 Å². The summed E-state index contributed by atoms with van der Waals surface area (Å²) in [6.45, 7) is 0. The molecule has 0 unspecified atom stereocenters. The summed E-state index contributed by atoms with van der Waals surface area (Å²) >= 11 is 0. The van der Waals surface area contributed by atoms with Crippen molar-refractivity contribution in [2.24, 2.45) is 0 Å². The van der Waals surface area contributed by atoms with Crippen molar-refractivity contribution in [1.82, 2.24) is 10.2 Å². The number of hydrogen-bond acceptors (Lipinski definition) is 3. The number of anilines is 1. The van der Waals surface area contributed by atoms with Crippen molar-refractivity contribution in [3.05, 3.63) is 30.0 Å². The summed E-state index contributed by atoms with van der Waals surface area (Å²) in [6.07, 6.45) is -3.37. The lowest BCUT2D eigenvalue weighted by Gasteiger charge is -2.12. The highest BCUT2D eigenvalue weighted by molar-refractivity contribution is 5.76. The first kappa shape index (κ1) is 11.3. The molecular weight excluding hydrogens is 235 g/mol. The van der Waals surface area contributed by atoms with E-state index in [1.807, 2.05) is 0 Å². The molecule has 1 aromatic carbocycles. The van der Waals surface area contributed by atoms with Crippen molar-refractivity contribution in [3.8, 4) is 16.9 Å². The van der Waals surface area contributed by atoms with E-state index in [4.69, 9.17) is 10.8 Å². The van der Waals surface area contributed by atoms with E-state index in [1.54, 1.807) is 0 Å². The van der Waals surface area contributed by atoms with Gasteiger partial charge in [0.25, 0.3) is 0 Å². The molecule has 2 rings (SSSR count). The van der Waals surface area contributed by atoms with E-state index in [1.165, 1.54) is 6.20 Å². The SMILES string of the molecule is Nc1[nH]ncc1-c1ccc(O)cc1C(F)(F)F. The third-order valence-corrected chi connectivity index (χ3v) is 2.27. The largest absolute Gasteiger partial charge is 0.508 e. The number of phenolic OH excluding ortho intramolecular Hbond substituents is 1. The molecule has 1 aromatic heterocycles. The number of aromatic nitrogens is 2. The van der Waals surface area contributed by atoms with E-state index in [0.717, 1.165) is 12.1 Å². The van der Waals surface area contributed by atoms with Gasteiger partial charge in [0.1, 0.15) is 11.6 Å². The number of alkyl halides is 3. The van der Waals surface area contributed by atoms with Crippen LogP contribution in [0, 0.1) is 0 Å². The number of hydrogen-bond donors (Lipinski definition) is 3. The van der Waals surface area contributed by atoms with Crippen LogP contribution in [0.1, 0.15) is 5.56 Å². The van der Waals surface area contributed by atoms with Crippen LogP contribution >= 0.6 is 0 Å². The standard InChI is InChI=1S/C10H8F3N3O/c11-10(12,13)8-3-5(17)1-2-6(8)7-4-15-16-9(7)14/h1-4,17H,(H3,14,15,16). The van der Waals surface area contributed by atoms with Crippen LogP contribution in [0.2, 0.25) is 0 Å². The number of halogens is 3. The highest BCUT2D eigenvalue weighted by atomic mass is 19.4. The number of phenols is 1. The Bertz CT molecular complexity index is 548. The van der Waals surface area contributed by atoms with Gasteiger partial charge in [-0.2, -0.15) is 18.3 Å². The van der Waals surface area contributed by atoms with Gasteiger partial charge in [-0.25, -0.2) is 0 Å². The molecule has 7 heteroatoms. The van der Waals surface area contributed by atoms with Gasteiger partial charge in [-0.3, -0.25) is 5.10 Å².